The second-order valence-electron chi connectivity index (χ2n) is 7.03. The minimum atomic E-state index is 0. The normalized spacial score (nSPS) is 16.8. The van der Waals surface area contributed by atoms with Gasteiger partial charge in [0, 0.05) is 62.9 Å². The molecule has 2 N–H and O–H groups in total. The fourth-order valence-electron chi connectivity index (χ4n) is 3.48. The van der Waals surface area contributed by atoms with E-state index in [1.165, 1.54) is 17.7 Å². The third kappa shape index (κ3) is 6.55. The average molecular weight is 517 g/mol. The van der Waals surface area contributed by atoms with Crippen LogP contribution in [0.5, 0.6) is 0 Å². The fourth-order valence-corrected chi connectivity index (χ4v) is 3.65. The van der Waals surface area contributed by atoms with Crippen molar-refractivity contribution in [2.45, 2.75) is 26.3 Å². The van der Waals surface area contributed by atoms with Gasteiger partial charge in [0.05, 0.1) is 0 Å². The van der Waals surface area contributed by atoms with Crippen molar-refractivity contribution < 1.29 is 0 Å². The number of hydrogen-bond donors (Lipinski definition) is 2. The standard InChI is InChI=1S/C20H29ClN6.HI/c1-16-5-6-18(21)13-19(16)26-12-7-17(15-26)14-24-20(22-2)23-8-3-10-27-11-4-9-25-27;/h4-6,9,11,13,17H,3,7-8,10,12,14-15H2,1-2H3,(H2,22,23,24);1H. The number of benzene rings is 1. The van der Waals surface area contributed by atoms with Crippen LogP contribution >= 0.6 is 35.6 Å². The van der Waals surface area contributed by atoms with Gasteiger partial charge in [-0.15, -0.1) is 24.0 Å². The summed E-state index contributed by atoms with van der Waals surface area (Å²) < 4.78 is 1.95. The highest BCUT2D eigenvalue weighted by atomic mass is 127. The van der Waals surface area contributed by atoms with Crippen LogP contribution in [0.4, 0.5) is 5.69 Å². The van der Waals surface area contributed by atoms with Crippen molar-refractivity contribution in [2.24, 2.45) is 10.9 Å². The van der Waals surface area contributed by atoms with E-state index in [4.69, 9.17) is 11.6 Å². The van der Waals surface area contributed by atoms with Gasteiger partial charge in [0.25, 0.3) is 0 Å². The Bertz CT molecular complexity index is 749. The molecule has 6 nitrogen and oxygen atoms in total. The lowest BCUT2D eigenvalue weighted by atomic mass is 10.1. The quantitative estimate of drug-likeness (QED) is 0.256. The number of aryl methyl sites for hydroxylation is 2. The summed E-state index contributed by atoms with van der Waals surface area (Å²) in [6, 6.07) is 8.08. The molecule has 1 unspecified atom stereocenters. The molecule has 28 heavy (non-hydrogen) atoms. The zero-order chi connectivity index (χ0) is 19.1. The van der Waals surface area contributed by atoms with E-state index in [9.17, 15) is 0 Å². The number of nitrogens with one attached hydrogen (secondary N) is 2. The summed E-state index contributed by atoms with van der Waals surface area (Å²) in [6.07, 6.45) is 5.98. The highest BCUT2D eigenvalue weighted by Gasteiger charge is 2.23. The maximum absolute atomic E-state index is 6.18. The highest BCUT2D eigenvalue weighted by Crippen LogP contribution is 2.29. The molecule has 1 fully saturated rings. The third-order valence-electron chi connectivity index (χ3n) is 5.00. The molecule has 1 aliphatic rings. The summed E-state index contributed by atoms with van der Waals surface area (Å²) in [5.74, 6) is 1.47. The summed E-state index contributed by atoms with van der Waals surface area (Å²) in [5, 5.41) is 11.9. The Balaban J connectivity index is 0.00000280. The molecule has 154 valence electrons. The molecule has 0 saturated carbocycles. The van der Waals surface area contributed by atoms with Crippen molar-refractivity contribution in [3.63, 3.8) is 0 Å². The Labute approximate surface area is 189 Å². The fraction of sp³-hybridized carbons (Fsp3) is 0.500. The zero-order valence-corrected chi connectivity index (χ0v) is 19.7. The second kappa shape index (κ2) is 11.5. The molecule has 1 saturated heterocycles. The van der Waals surface area contributed by atoms with Crippen LogP contribution in [-0.4, -0.2) is 49.0 Å². The number of aliphatic imine (C=N–C) groups is 1. The van der Waals surface area contributed by atoms with Gasteiger partial charge in [-0.05, 0) is 49.4 Å². The first-order valence-corrected chi connectivity index (χ1v) is 9.96. The van der Waals surface area contributed by atoms with Gasteiger partial charge in [0.15, 0.2) is 5.96 Å². The first-order valence-electron chi connectivity index (χ1n) is 9.59. The number of hydrogen-bond acceptors (Lipinski definition) is 3. The van der Waals surface area contributed by atoms with Crippen molar-refractivity contribution in [1.29, 1.82) is 0 Å². The first kappa shape index (κ1) is 22.8. The number of rotatable bonds is 7. The molecule has 0 aliphatic carbocycles. The van der Waals surface area contributed by atoms with Crippen molar-refractivity contribution >= 4 is 47.2 Å². The van der Waals surface area contributed by atoms with Crippen LogP contribution in [0, 0.1) is 12.8 Å². The van der Waals surface area contributed by atoms with Gasteiger partial charge < -0.3 is 15.5 Å². The van der Waals surface area contributed by atoms with Crippen LogP contribution in [0.1, 0.15) is 18.4 Å². The smallest absolute Gasteiger partial charge is 0.190 e. The van der Waals surface area contributed by atoms with Crippen LogP contribution in [0.3, 0.4) is 0 Å². The molecule has 0 radical (unpaired) electrons. The van der Waals surface area contributed by atoms with Gasteiger partial charge in [0.1, 0.15) is 0 Å². The Hall–Kier alpha value is -1.48. The highest BCUT2D eigenvalue weighted by molar-refractivity contribution is 14.0. The van der Waals surface area contributed by atoms with Gasteiger partial charge in [-0.2, -0.15) is 5.10 Å². The van der Waals surface area contributed by atoms with E-state index in [0.717, 1.165) is 50.1 Å². The molecule has 0 spiro atoms. The van der Waals surface area contributed by atoms with Crippen molar-refractivity contribution in [3.8, 4) is 0 Å². The second-order valence-corrected chi connectivity index (χ2v) is 7.47. The summed E-state index contributed by atoms with van der Waals surface area (Å²) in [4.78, 5) is 6.77. The third-order valence-corrected chi connectivity index (χ3v) is 5.23. The van der Waals surface area contributed by atoms with Crippen molar-refractivity contribution in [2.75, 3.05) is 38.1 Å². The summed E-state index contributed by atoms with van der Waals surface area (Å²) in [6.45, 7) is 6.97. The summed E-state index contributed by atoms with van der Waals surface area (Å²) in [7, 11) is 1.82. The van der Waals surface area contributed by atoms with Crippen LogP contribution < -0.4 is 15.5 Å². The number of anilines is 1. The monoisotopic (exact) mass is 516 g/mol. The van der Waals surface area contributed by atoms with E-state index < -0.39 is 0 Å². The Morgan fingerprint density at radius 2 is 2.21 bits per heavy atom. The summed E-state index contributed by atoms with van der Waals surface area (Å²) in [5.41, 5.74) is 2.54. The maximum Gasteiger partial charge on any atom is 0.190 e. The van der Waals surface area contributed by atoms with E-state index in [1.54, 1.807) is 0 Å². The lowest BCUT2D eigenvalue weighted by Crippen LogP contribution is -2.40. The lowest BCUT2D eigenvalue weighted by molar-refractivity contribution is 0.553. The van der Waals surface area contributed by atoms with E-state index in [-0.39, 0.29) is 24.0 Å². The topological polar surface area (TPSA) is 57.5 Å². The minimum absolute atomic E-state index is 0. The molecule has 3 rings (SSSR count). The first-order chi connectivity index (χ1) is 13.2. The molecule has 0 amide bonds. The van der Waals surface area contributed by atoms with Gasteiger partial charge in [-0.3, -0.25) is 9.67 Å². The van der Waals surface area contributed by atoms with E-state index in [2.05, 4.69) is 44.7 Å². The predicted octanol–water partition coefficient (Wildman–Crippen LogP) is 3.54. The number of guanidine groups is 1. The maximum atomic E-state index is 6.18. The van der Waals surface area contributed by atoms with Crippen LogP contribution in [-0.2, 0) is 6.54 Å². The molecule has 1 aromatic heterocycles. The van der Waals surface area contributed by atoms with Gasteiger partial charge in [-0.25, -0.2) is 0 Å². The predicted molar refractivity (Wildman–Crippen MR) is 128 cm³/mol. The minimum Gasteiger partial charge on any atom is -0.371 e. The molecule has 0 bridgehead atoms. The Morgan fingerprint density at radius 3 is 2.96 bits per heavy atom. The lowest BCUT2D eigenvalue weighted by Gasteiger charge is -2.21. The Morgan fingerprint density at radius 1 is 1.36 bits per heavy atom. The molecule has 1 atom stereocenters. The molecular weight excluding hydrogens is 487 g/mol. The molecule has 2 aromatic rings. The molecular formula is C20H30ClIN6. The van der Waals surface area contributed by atoms with Crippen LogP contribution in [0.15, 0.2) is 41.7 Å². The van der Waals surface area contributed by atoms with Gasteiger partial charge in [0.2, 0.25) is 0 Å². The number of nitrogens with zero attached hydrogens (tertiary/aromatic N) is 4. The van der Waals surface area contributed by atoms with E-state index in [0.29, 0.717) is 5.92 Å². The largest absolute Gasteiger partial charge is 0.371 e. The number of aromatic nitrogens is 2. The van der Waals surface area contributed by atoms with E-state index >= 15 is 0 Å². The van der Waals surface area contributed by atoms with Crippen LogP contribution in [0.25, 0.3) is 0 Å². The van der Waals surface area contributed by atoms with E-state index in [1.807, 2.05) is 36.3 Å². The van der Waals surface area contributed by atoms with Crippen LogP contribution in [0.2, 0.25) is 5.02 Å². The summed E-state index contributed by atoms with van der Waals surface area (Å²) >= 11 is 6.18. The van der Waals surface area contributed by atoms with Gasteiger partial charge >= 0.3 is 0 Å². The molecule has 1 aliphatic heterocycles. The van der Waals surface area contributed by atoms with Crippen molar-refractivity contribution in [3.05, 3.63) is 47.2 Å². The molecule has 2 heterocycles. The molecule has 1 aromatic carbocycles. The Kier molecular flexibility index (Phi) is 9.37. The van der Waals surface area contributed by atoms with Gasteiger partial charge in [-0.1, -0.05) is 17.7 Å². The van der Waals surface area contributed by atoms with Crippen molar-refractivity contribution in [1.82, 2.24) is 20.4 Å². The number of halogens is 2. The average Bonchev–Trinajstić information content (AvgIpc) is 3.35. The molecule has 8 heteroatoms. The zero-order valence-electron chi connectivity index (χ0n) is 16.6. The SMILES string of the molecule is CN=C(NCCCn1cccn1)NCC1CCN(c2cc(Cl)ccc2C)C1.I.